The Hall–Kier alpha value is -6.98. The lowest BCUT2D eigenvalue weighted by Gasteiger charge is -2.09. The fourth-order valence-electron chi connectivity index (χ4n) is 5.91. The molecule has 0 bridgehead atoms. The van der Waals surface area contributed by atoms with Crippen LogP contribution in [0.15, 0.2) is 127 Å². The van der Waals surface area contributed by atoms with Gasteiger partial charge in [0.25, 0.3) is 0 Å². The first-order chi connectivity index (χ1) is 30.9. The molecule has 12 heteroatoms. The van der Waals surface area contributed by atoms with E-state index >= 15 is 0 Å². The number of carbonyl (C=O) groups is 3. The summed E-state index contributed by atoms with van der Waals surface area (Å²) in [5.41, 5.74) is 2.24. The van der Waals surface area contributed by atoms with Crippen LogP contribution in [0.2, 0.25) is 5.02 Å². The molecule has 0 heterocycles. The molecular formula is C52H55ClO11. The molecule has 0 saturated heterocycles. The molecule has 0 aliphatic heterocycles. The lowest BCUT2D eigenvalue weighted by atomic mass is 10.0. The topological polar surface area (TPSA) is 158 Å². The fourth-order valence-corrected chi connectivity index (χ4v) is 6.03. The molecule has 0 aromatic heterocycles. The highest BCUT2D eigenvalue weighted by Crippen LogP contribution is 2.29. The zero-order valence-corrected chi connectivity index (χ0v) is 37.5. The number of phenolic OH excluding ortho intramolecular Hbond substituents is 3. The van der Waals surface area contributed by atoms with Crippen LogP contribution in [-0.2, 0) is 0 Å². The van der Waals surface area contributed by atoms with Gasteiger partial charge >= 0.3 is 0 Å². The summed E-state index contributed by atoms with van der Waals surface area (Å²) >= 11 is 5.77. The zero-order valence-electron chi connectivity index (χ0n) is 36.8. The van der Waals surface area contributed by atoms with Crippen LogP contribution >= 0.6 is 11.6 Å². The lowest BCUT2D eigenvalue weighted by Crippen LogP contribution is -2.03. The highest BCUT2D eigenvalue weighted by molar-refractivity contribution is 6.30. The Balaban J connectivity index is 0.000000211. The van der Waals surface area contributed by atoms with Crippen molar-refractivity contribution in [1.82, 2.24) is 0 Å². The summed E-state index contributed by atoms with van der Waals surface area (Å²) in [6, 6.07) is 34.5. The minimum Gasteiger partial charge on any atom is -0.507 e. The molecule has 0 saturated carbocycles. The molecule has 0 aliphatic rings. The summed E-state index contributed by atoms with van der Waals surface area (Å²) in [4.78, 5) is 37.1. The average molecular weight is 891 g/mol. The number of hydrogen-bond donors (Lipinski definition) is 3. The van der Waals surface area contributed by atoms with Crippen molar-refractivity contribution < 1.29 is 53.4 Å². The monoisotopic (exact) mass is 890 g/mol. The number of aromatic hydroxyl groups is 3. The fraction of sp³-hybridized carbons (Fsp3) is 0.250. The zero-order chi connectivity index (χ0) is 46.4. The van der Waals surface area contributed by atoms with E-state index in [0.717, 1.165) is 30.8 Å². The quantitative estimate of drug-likeness (QED) is 0.0525. The Morgan fingerprint density at radius 2 is 0.719 bits per heavy atom. The number of ketones is 3. The molecule has 0 unspecified atom stereocenters. The highest BCUT2D eigenvalue weighted by atomic mass is 35.5. The van der Waals surface area contributed by atoms with Crippen molar-refractivity contribution in [3.63, 3.8) is 0 Å². The number of phenols is 3. The van der Waals surface area contributed by atoms with Crippen molar-refractivity contribution in [3.05, 3.63) is 166 Å². The lowest BCUT2D eigenvalue weighted by molar-refractivity contribution is 0.102. The molecule has 0 atom stereocenters. The number of ether oxygens (including phenoxy) is 5. The van der Waals surface area contributed by atoms with E-state index in [2.05, 4.69) is 6.92 Å². The second-order valence-corrected chi connectivity index (χ2v) is 14.4. The number of unbranched alkanes of at least 4 members (excludes halogenated alkanes) is 1. The summed E-state index contributed by atoms with van der Waals surface area (Å²) in [5, 5.41) is 30.5. The van der Waals surface area contributed by atoms with Crippen molar-refractivity contribution in [2.45, 2.75) is 53.9 Å². The second-order valence-electron chi connectivity index (χ2n) is 13.9. The van der Waals surface area contributed by atoms with E-state index < -0.39 is 0 Å². The molecule has 336 valence electrons. The van der Waals surface area contributed by atoms with Crippen LogP contribution in [0.4, 0.5) is 0 Å². The van der Waals surface area contributed by atoms with E-state index in [1.54, 1.807) is 109 Å². The summed E-state index contributed by atoms with van der Waals surface area (Å²) in [6.07, 6.45) is 3.01. The smallest absolute Gasteiger partial charge is 0.196 e. The number of carbonyl (C=O) groups excluding carboxylic acids is 3. The maximum atomic E-state index is 12.5. The standard InChI is InChI=1S/C19H22O4.C18H20O4.C15H13ClO3/c1-3-5-12-23-15-8-6-14(7-9-15)19(21)17-11-10-16(22-4-2)13-18(17)20;1-3-11-22-14-7-5-13(6-8-14)18(20)16-10-9-15(21-4-2)12-17(16)19;1-2-19-12-7-8-13(14(17)9-12)15(18)10-3-5-11(16)6-4-10/h6-11,13,20H,3-5,12H2,1-2H3;5-10,12,19H,3-4,11H2,1-2H3;3-9,17H,2H2,1H3. The Bertz CT molecular complexity index is 2410. The summed E-state index contributed by atoms with van der Waals surface area (Å²) in [7, 11) is 0. The van der Waals surface area contributed by atoms with Gasteiger partial charge in [0, 0.05) is 39.9 Å². The molecule has 6 aromatic rings. The third kappa shape index (κ3) is 14.8. The van der Waals surface area contributed by atoms with Crippen LogP contribution in [0.1, 0.15) is 102 Å². The molecule has 6 rings (SSSR count). The van der Waals surface area contributed by atoms with Gasteiger partial charge in [-0.15, -0.1) is 0 Å². The second kappa shape index (κ2) is 25.8. The van der Waals surface area contributed by atoms with Crippen molar-refractivity contribution in [2.24, 2.45) is 0 Å². The Morgan fingerprint density at radius 1 is 0.406 bits per heavy atom. The maximum Gasteiger partial charge on any atom is 0.196 e. The highest BCUT2D eigenvalue weighted by Gasteiger charge is 2.17. The van der Waals surface area contributed by atoms with Crippen LogP contribution in [0.3, 0.4) is 0 Å². The minimum atomic E-state index is -0.253. The molecule has 0 aliphatic carbocycles. The Morgan fingerprint density at radius 3 is 1.02 bits per heavy atom. The van der Waals surface area contributed by atoms with Crippen LogP contribution < -0.4 is 23.7 Å². The van der Waals surface area contributed by atoms with Gasteiger partial charge < -0.3 is 39.0 Å². The Labute approximate surface area is 379 Å². The van der Waals surface area contributed by atoms with Gasteiger partial charge in [-0.25, -0.2) is 0 Å². The van der Waals surface area contributed by atoms with Crippen molar-refractivity contribution in [2.75, 3.05) is 33.0 Å². The van der Waals surface area contributed by atoms with Gasteiger partial charge in [0.2, 0.25) is 0 Å². The number of hydrogen-bond acceptors (Lipinski definition) is 11. The van der Waals surface area contributed by atoms with Crippen LogP contribution in [-0.4, -0.2) is 65.7 Å². The van der Waals surface area contributed by atoms with E-state index in [1.165, 1.54) is 18.2 Å². The van der Waals surface area contributed by atoms with Gasteiger partial charge in [0.1, 0.15) is 46.0 Å². The molecule has 0 fully saturated rings. The Kier molecular flexibility index (Phi) is 20.1. The van der Waals surface area contributed by atoms with Gasteiger partial charge in [0.15, 0.2) is 17.3 Å². The van der Waals surface area contributed by atoms with E-state index in [0.29, 0.717) is 72.0 Å². The predicted octanol–water partition coefficient (Wildman–Crippen LogP) is 11.7. The summed E-state index contributed by atoms with van der Waals surface area (Å²) in [5.74, 6) is 2.12. The molecule has 0 radical (unpaired) electrons. The van der Waals surface area contributed by atoms with Crippen molar-refractivity contribution in [1.29, 1.82) is 0 Å². The minimum absolute atomic E-state index is 0.0794. The van der Waals surface area contributed by atoms with Gasteiger partial charge in [-0.3, -0.25) is 14.4 Å². The van der Waals surface area contributed by atoms with E-state index in [9.17, 15) is 29.7 Å². The van der Waals surface area contributed by atoms with E-state index in [1.807, 2.05) is 27.7 Å². The first-order valence-corrected chi connectivity index (χ1v) is 21.5. The summed E-state index contributed by atoms with van der Waals surface area (Å²) < 4.78 is 26.9. The third-order valence-corrected chi connectivity index (χ3v) is 9.41. The number of rotatable bonds is 19. The number of benzene rings is 6. The predicted molar refractivity (Wildman–Crippen MR) is 249 cm³/mol. The van der Waals surface area contributed by atoms with Crippen molar-refractivity contribution in [3.8, 4) is 46.0 Å². The molecule has 0 amide bonds. The van der Waals surface area contributed by atoms with Gasteiger partial charge in [-0.05, 0) is 143 Å². The summed E-state index contributed by atoms with van der Waals surface area (Å²) in [6.45, 7) is 12.5. The van der Waals surface area contributed by atoms with Gasteiger partial charge in [0.05, 0.1) is 49.7 Å². The van der Waals surface area contributed by atoms with Crippen molar-refractivity contribution >= 4 is 29.0 Å². The SMILES string of the molecule is CCCCOc1ccc(C(=O)c2ccc(OCC)cc2O)cc1.CCCOc1ccc(C(=O)c2ccc(OCC)cc2O)cc1.CCOc1ccc(C(=O)c2ccc(Cl)cc2)c(O)c1. The first-order valence-electron chi connectivity index (χ1n) is 21.1. The normalized spacial score (nSPS) is 10.3. The van der Waals surface area contributed by atoms with E-state index in [-0.39, 0.29) is 51.3 Å². The number of halogens is 1. The van der Waals surface area contributed by atoms with Gasteiger partial charge in [-0.2, -0.15) is 0 Å². The molecule has 64 heavy (non-hydrogen) atoms. The van der Waals surface area contributed by atoms with Crippen LogP contribution in [0.5, 0.6) is 46.0 Å². The maximum absolute atomic E-state index is 12.5. The molecule has 11 nitrogen and oxygen atoms in total. The van der Waals surface area contributed by atoms with Crippen LogP contribution in [0, 0.1) is 0 Å². The van der Waals surface area contributed by atoms with Gasteiger partial charge in [-0.1, -0.05) is 31.9 Å². The molecule has 6 aromatic carbocycles. The molecule has 3 N–H and O–H groups in total. The third-order valence-electron chi connectivity index (χ3n) is 9.15. The van der Waals surface area contributed by atoms with E-state index in [4.69, 9.17) is 35.3 Å². The average Bonchev–Trinajstić information content (AvgIpc) is 3.29. The molecular weight excluding hydrogens is 836 g/mol. The van der Waals surface area contributed by atoms with Crippen LogP contribution in [0.25, 0.3) is 0 Å². The largest absolute Gasteiger partial charge is 0.507 e. The molecule has 0 spiro atoms. The first kappa shape index (κ1) is 49.7.